The second-order valence-electron chi connectivity index (χ2n) is 4.58. The molecule has 1 fully saturated rings. The smallest absolute Gasteiger partial charge is 0.229 e. The maximum Gasteiger partial charge on any atom is 0.229 e. The van der Waals surface area contributed by atoms with Gasteiger partial charge in [-0.2, -0.15) is 4.98 Å². The van der Waals surface area contributed by atoms with Crippen LogP contribution in [0.5, 0.6) is 0 Å². The van der Waals surface area contributed by atoms with Crippen molar-refractivity contribution < 1.29 is 9.26 Å². The molecule has 3 heterocycles. The molecule has 1 aliphatic heterocycles. The molecule has 1 saturated heterocycles. The monoisotopic (exact) mass is 260 g/mol. The maximum atomic E-state index is 5.61. The number of hydrogen-bond acceptors (Lipinski definition) is 6. The zero-order valence-electron chi connectivity index (χ0n) is 10.8. The van der Waals surface area contributed by atoms with Gasteiger partial charge in [-0.3, -0.25) is 0 Å². The number of rotatable bonds is 3. The molecule has 3 rings (SSSR count). The van der Waals surface area contributed by atoms with E-state index < -0.39 is 0 Å². The number of aromatic nitrogens is 3. The normalized spacial score (nSPS) is 19.5. The standard InChI is InChI=1S/C13H16N4O2/c1-9-3-2-4-11(15-9)13-16-12(19-17-13)7-10-8-14-5-6-18-10/h2-4,10,14H,5-8H2,1H3. The van der Waals surface area contributed by atoms with Crippen LogP contribution in [0.2, 0.25) is 0 Å². The molecule has 2 aromatic rings. The van der Waals surface area contributed by atoms with Gasteiger partial charge in [-0.15, -0.1) is 0 Å². The highest BCUT2D eigenvalue weighted by atomic mass is 16.5. The molecular weight excluding hydrogens is 244 g/mol. The number of pyridine rings is 1. The molecule has 0 radical (unpaired) electrons. The summed E-state index contributed by atoms with van der Waals surface area (Å²) in [7, 11) is 0. The van der Waals surface area contributed by atoms with Crippen LogP contribution in [0.4, 0.5) is 0 Å². The van der Waals surface area contributed by atoms with Crippen LogP contribution in [-0.4, -0.2) is 40.9 Å². The highest BCUT2D eigenvalue weighted by Gasteiger charge is 2.18. The number of ether oxygens (including phenoxy) is 1. The third-order valence-corrected chi connectivity index (χ3v) is 2.99. The number of morpholine rings is 1. The molecule has 0 aromatic carbocycles. The van der Waals surface area contributed by atoms with E-state index in [1.807, 2.05) is 25.1 Å². The molecule has 0 spiro atoms. The third-order valence-electron chi connectivity index (χ3n) is 2.99. The Bertz CT molecular complexity index is 549. The minimum atomic E-state index is 0.104. The topological polar surface area (TPSA) is 73.1 Å². The van der Waals surface area contributed by atoms with Crippen LogP contribution in [0.15, 0.2) is 22.7 Å². The van der Waals surface area contributed by atoms with Crippen LogP contribution in [0.25, 0.3) is 11.5 Å². The quantitative estimate of drug-likeness (QED) is 0.886. The first-order valence-electron chi connectivity index (χ1n) is 6.40. The molecule has 19 heavy (non-hydrogen) atoms. The second-order valence-corrected chi connectivity index (χ2v) is 4.58. The fourth-order valence-electron chi connectivity index (χ4n) is 2.05. The van der Waals surface area contributed by atoms with E-state index in [4.69, 9.17) is 9.26 Å². The SMILES string of the molecule is Cc1cccc(-c2noc(CC3CNCCO3)n2)n1. The lowest BCUT2D eigenvalue weighted by atomic mass is 10.2. The predicted molar refractivity (Wildman–Crippen MR) is 68.6 cm³/mol. The Morgan fingerprint density at radius 2 is 2.32 bits per heavy atom. The van der Waals surface area contributed by atoms with E-state index >= 15 is 0 Å². The summed E-state index contributed by atoms with van der Waals surface area (Å²) in [5.41, 5.74) is 1.67. The Morgan fingerprint density at radius 1 is 1.37 bits per heavy atom. The maximum absolute atomic E-state index is 5.61. The second kappa shape index (κ2) is 5.46. The van der Waals surface area contributed by atoms with Gasteiger partial charge in [0.15, 0.2) is 0 Å². The minimum Gasteiger partial charge on any atom is -0.375 e. The fraction of sp³-hybridized carbons (Fsp3) is 0.462. The van der Waals surface area contributed by atoms with Crippen LogP contribution in [0.3, 0.4) is 0 Å². The molecule has 1 unspecified atom stereocenters. The minimum absolute atomic E-state index is 0.104. The first-order chi connectivity index (χ1) is 9.31. The average molecular weight is 260 g/mol. The van der Waals surface area contributed by atoms with Crippen molar-refractivity contribution in [2.24, 2.45) is 0 Å². The first kappa shape index (κ1) is 12.3. The largest absolute Gasteiger partial charge is 0.375 e. The van der Waals surface area contributed by atoms with Gasteiger partial charge in [-0.25, -0.2) is 4.98 Å². The molecular formula is C13H16N4O2. The molecule has 1 atom stereocenters. The molecule has 0 aliphatic carbocycles. The fourth-order valence-corrected chi connectivity index (χ4v) is 2.05. The van der Waals surface area contributed by atoms with Crippen LogP contribution < -0.4 is 5.32 Å². The first-order valence-corrected chi connectivity index (χ1v) is 6.40. The zero-order chi connectivity index (χ0) is 13.1. The van der Waals surface area contributed by atoms with Crippen LogP contribution in [-0.2, 0) is 11.2 Å². The van der Waals surface area contributed by atoms with Crippen molar-refractivity contribution >= 4 is 0 Å². The van der Waals surface area contributed by atoms with E-state index in [1.54, 1.807) is 0 Å². The molecule has 6 heteroatoms. The Hall–Kier alpha value is -1.79. The Balaban J connectivity index is 1.72. The van der Waals surface area contributed by atoms with Crippen molar-refractivity contribution in [3.8, 4) is 11.5 Å². The van der Waals surface area contributed by atoms with E-state index in [9.17, 15) is 0 Å². The van der Waals surface area contributed by atoms with Crippen LogP contribution in [0, 0.1) is 6.92 Å². The van der Waals surface area contributed by atoms with Crippen LogP contribution >= 0.6 is 0 Å². The molecule has 1 aliphatic rings. The highest BCUT2D eigenvalue weighted by molar-refractivity contribution is 5.47. The zero-order valence-corrected chi connectivity index (χ0v) is 10.8. The predicted octanol–water partition coefficient (Wildman–Crippen LogP) is 0.971. The Morgan fingerprint density at radius 3 is 3.11 bits per heavy atom. The third kappa shape index (κ3) is 2.97. The number of nitrogens with zero attached hydrogens (tertiary/aromatic N) is 3. The summed E-state index contributed by atoms with van der Waals surface area (Å²) in [6.45, 7) is 4.39. The van der Waals surface area contributed by atoms with E-state index in [2.05, 4.69) is 20.4 Å². The van der Waals surface area contributed by atoms with Crippen molar-refractivity contribution in [1.82, 2.24) is 20.4 Å². The van der Waals surface area contributed by atoms with E-state index in [-0.39, 0.29) is 6.10 Å². The summed E-state index contributed by atoms with van der Waals surface area (Å²) in [5, 5.41) is 7.24. The summed E-state index contributed by atoms with van der Waals surface area (Å²) in [5.74, 6) is 1.12. The van der Waals surface area contributed by atoms with Gasteiger partial charge >= 0.3 is 0 Å². The lowest BCUT2D eigenvalue weighted by Crippen LogP contribution is -2.39. The van der Waals surface area contributed by atoms with Crippen LogP contribution in [0.1, 0.15) is 11.6 Å². The van der Waals surface area contributed by atoms with Gasteiger partial charge in [0.2, 0.25) is 11.7 Å². The number of aryl methyl sites for hydroxylation is 1. The Kier molecular flexibility index (Phi) is 3.52. The molecule has 100 valence electrons. The van der Waals surface area contributed by atoms with Gasteiger partial charge < -0.3 is 14.6 Å². The summed E-state index contributed by atoms with van der Waals surface area (Å²) >= 11 is 0. The van der Waals surface area contributed by atoms with Crippen molar-refractivity contribution in [2.45, 2.75) is 19.4 Å². The van der Waals surface area contributed by atoms with Gasteiger partial charge in [-0.05, 0) is 19.1 Å². The summed E-state index contributed by atoms with van der Waals surface area (Å²) in [6, 6.07) is 5.74. The molecule has 0 bridgehead atoms. The number of hydrogen-bond donors (Lipinski definition) is 1. The van der Waals surface area contributed by atoms with Gasteiger partial charge in [0.25, 0.3) is 0 Å². The average Bonchev–Trinajstić information content (AvgIpc) is 2.88. The van der Waals surface area contributed by atoms with Crippen molar-refractivity contribution in [3.63, 3.8) is 0 Å². The van der Waals surface area contributed by atoms with E-state index in [0.29, 0.717) is 18.1 Å². The number of nitrogens with one attached hydrogen (secondary N) is 1. The molecule has 6 nitrogen and oxygen atoms in total. The Labute approximate surface area is 111 Å². The van der Waals surface area contributed by atoms with Gasteiger partial charge in [0, 0.05) is 18.8 Å². The van der Waals surface area contributed by atoms with Crippen molar-refractivity contribution in [2.75, 3.05) is 19.7 Å². The van der Waals surface area contributed by atoms with Crippen molar-refractivity contribution in [3.05, 3.63) is 29.8 Å². The summed E-state index contributed by atoms with van der Waals surface area (Å²) < 4.78 is 10.9. The van der Waals surface area contributed by atoms with E-state index in [0.717, 1.165) is 31.1 Å². The molecule has 0 saturated carbocycles. The van der Waals surface area contributed by atoms with Gasteiger partial charge in [0.05, 0.1) is 19.1 Å². The van der Waals surface area contributed by atoms with Gasteiger partial charge in [-0.1, -0.05) is 11.2 Å². The lowest BCUT2D eigenvalue weighted by molar-refractivity contribution is 0.0246. The van der Waals surface area contributed by atoms with Gasteiger partial charge in [0.1, 0.15) is 5.69 Å². The van der Waals surface area contributed by atoms with E-state index in [1.165, 1.54) is 0 Å². The molecule has 2 aromatic heterocycles. The summed E-state index contributed by atoms with van der Waals surface area (Å²) in [4.78, 5) is 8.74. The van der Waals surface area contributed by atoms with Crippen molar-refractivity contribution in [1.29, 1.82) is 0 Å². The molecule has 1 N–H and O–H groups in total. The highest BCUT2D eigenvalue weighted by Crippen LogP contribution is 2.14. The summed E-state index contributed by atoms with van der Waals surface area (Å²) in [6.07, 6.45) is 0.735. The lowest BCUT2D eigenvalue weighted by Gasteiger charge is -2.21. The molecule has 0 amide bonds.